The van der Waals surface area contributed by atoms with Crippen molar-refractivity contribution in [2.45, 2.75) is 13.0 Å². The minimum Gasteiger partial charge on any atom is -0.376 e. The molecule has 1 fully saturated rings. The summed E-state index contributed by atoms with van der Waals surface area (Å²) in [4.78, 5) is 8.25. The van der Waals surface area contributed by atoms with Crippen LogP contribution in [0.2, 0.25) is 0 Å². The monoisotopic (exact) mass is 234 g/mol. The van der Waals surface area contributed by atoms with Gasteiger partial charge in [0, 0.05) is 12.2 Å². The number of hydrogen-bond acceptors (Lipinski definition) is 6. The van der Waals surface area contributed by atoms with Crippen LogP contribution >= 0.6 is 0 Å². The van der Waals surface area contributed by atoms with Crippen molar-refractivity contribution < 1.29 is 9.47 Å². The third kappa shape index (κ3) is 3.37. The third-order valence-corrected chi connectivity index (χ3v) is 2.34. The van der Waals surface area contributed by atoms with Crippen molar-refractivity contribution in [2.75, 3.05) is 31.7 Å². The van der Waals surface area contributed by atoms with E-state index in [0.29, 0.717) is 38.0 Å². The van der Waals surface area contributed by atoms with Gasteiger partial charge in [0.25, 0.3) is 0 Å². The highest BCUT2D eigenvalue weighted by Crippen LogP contribution is 2.06. The molecule has 1 N–H and O–H groups in total. The van der Waals surface area contributed by atoms with E-state index in [1.165, 1.54) is 0 Å². The average Bonchev–Trinajstić information content (AvgIpc) is 2.37. The summed E-state index contributed by atoms with van der Waals surface area (Å²) >= 11 is 0. The highest BCUT2D eigenvalue weighted by molar-refractivity contribution is 5.33. The number of aromatic nitrogens is 2. The highest BCUT2D eigenvalue weighted by Gasteiger charge is 2.14. The van der Waals surface area contributed by atoms with E-state index in [9.17, 15) is 0 Å². The Hall–Kier alpha value is -1.71. The van der Waals surface area contributed by atoms with Crippen LogP contribution in [0.1, 0.15) is 11.4 Å². The van der Waals surface area contributed by atoms with Gasteiger partial charge in [-0.3, -0.25) is 0 Å². The van der Waals surface area contributed by atoms with Crippen molar-refractivity contribution in [3.8, 4) is 6.07 Å². The van der Waals surface area contributed by atoms with Crippen LogP contribution in [-0.2, 0) is 9.47 Å². The van der Waals surface area contributed by atoms with Gasteiger partial charge in [-0.2, -0.15) is 5.26 Å². The van der Waals surface area contributed by atoms with Crippen LogP contribution in [0.5, 0.6) is 0 Å². The van der Waals surface area contributed by atoms with Crippen molar-refractivity contribution in [2.24, 2.45) is 0 Å². The smallest absolute Gasteiger partial charge is 0.224 e. The molecule has 2 rings (SSSR count). The molecule has 0 amide bonds. The highest BCUT2D eigenvalue weighted by atomic mass is 16.6. The summed E-state index contributed by atoms with van der Waals surface area (Å²) < 4.78 is 10.8. The summed E-state index contributed by atoms with van der Waals surface area (Å²) in [5.74, 6) is 0.454. The largest absolute Gasteiger partial charge is 0.376 e. The Kier molecular flexibility index (Phi) is 3.85. The van der Waals surface area contributed by atoms with Crippen molar-refractivity contribution in [1.29, 1.82) is 5.26 Å². The predicted molar refractivity (Wildman–Crippen MR) is 60.5 cm³/mol. The lowest BCUT2D eigenvalue weighted by Crippen LogP contribution is -2.34. The first-order chi connectivity index (χ1) is 8.28. The number of nitrogens with one attached hydrogen (secondary N) is 1. The molecule has 0 aromatic carbocycles. The Labute approximate surface area is 99.6 Å². The zero-order chi connectivity index (χ0) is 12.1. The standard InChI is InChI=1S/C11H14N4O2/c1-8-4-9(5-12)15-11(14-8)13-6-10-7-16-2-3-17-10/h4,10H,2-3,6-7H2,1H3,(H,13,14,15). The molecule has 6 nitrogen and oxygen atoms in total. The number of anilines is 1. The minimum absolute atomic E-state index is 0.0124. The van der Waals surface area contributed by atoms with E-state index in [0.717, 1.165) is 5.69 Å². The molecule has 1 aromatic heterocycles. The fraction of sp³-hybridized carbons (Fsp3) is 0.545. The second-order valence-electron chi connectivity index (χ2n) is 3.78. The van der Waals surface area contributed by atoms with Crippen LogP contribution < -0.4 is 5.32 Å². The van der Waals surface area contributed by atoms with Gasteiger partial charge in [0.15, 0.2) is 0 Å². The molecule has 17 heavy (non-hydrogen) atoms. The summed E-state index contributed by atoms with van der Waals surface area (Å²) in [6.07, 6.45) is 0.0124. The van der Waals surface area contributed by atoms with Gasteiger partial charge in [-0.05, 0) is 13.0 Å². The van der Waals surface area contributed by atoms with Crippen LogP contribution in [0.3, 0.4) is 0 Å². The van der Waals surface area contributed by atoms with Gasteiger partial charge in [0.1, 0.15) is 11.8 Å². The van der Waals surface area contributed by atoms with Crippen LogP contribution in [0, 0.1) is 18.3 Å². The molecule has 0 spiro atoms. The summed E-state index contributed by atoms with van der Waals surface area (Å²) in [7, 11) is 0. The lowest BCUT2D eigenvalue weighted by atomic mass is 10.3. The van der Waals surface area contributed by atoms with Crippen LogP contribution in [0.15, 0.2) is 6.07 Å². The SMILES string of the molecule is Cc1cc(C#N)nc(NCC2COCCO2)n1. The third-order valence-electron chi connectivity index (χ3n) is 2.34. The van der Waals surface area contributed by atoms with E-state index >= 15 is 0 Å². The predicted octanol–water partition coefficient (Wildman–Crippen LogP) is 0.484. The molecule has 1 aliphatic rings. The summed E-state index contributed by atoms with van der Waals surface area (Å²) in [6.45, 7) is 4.24. The van der Waals surface area contributed by atoms with Crippen molar-refractivity contribution in [3.05, 3.63) is 17.5 Å². The number of aryl methyl sites for hydroxylation is 1. The maximum atomic E-state index is 8.79. The Morgan fingerprint density at radius 1 is 1.53 bits per heavy atom. The summed E-state index contributed by atoms with van der Waals surface area (Å²) in [6, 6.07) is 3.64. The first-order valence-electron chi connectivity index (χ1n) is 5.47. The quantitative estimate of drug-likeness (QED) is 0.819. The molecule has 1 saturated heterocycles. The second kappa shape index (κ2) is 5.57. The zero-order valence-electron chi connectivity index (χ0n) is 9.64. The first kappa shape index (κ1) is 11.8. The topological polar surface area (TPSA) is 80.1 Å². The van der Waals surface area contributed by atoms with E-state index in [-0.39, 0.29) is 6.10 Å². The number of nitriles is 1. The van der Waals surface area contributed by atoms with E-state index < -0.39 is 0 Å². The Morgan fingerprint density at radius 2 is 2.41 bits per heavy atom. The molecule has 0 bridgehead atoms. The maximum Gasteiger partial charge on any atom is 0.224 e. The minimum atomic E-state index is 0.0124. The molecule has 90 valence electrons. The van der Waals surface area contributed by atoms with Gasteiger partial charge in [0.2, 0.25) is 5.95 Å². The molecule has 2 heterocycles. The molecule has 0 saturated carbocycles. The fourth-order valence-corrected chi connectivity index (χ4v) is 1.56. The normalized spacial score (nSPS) is 19.6. The van der Waals surface area contributed by atoms with Gasteiger partial charge in [-0.1, -0.05) is 0 Å². The molecule has 1 atom stereocenters. The fourth-order valence-electron chi connectivity index (χ4n) is 1.56. The molecule has 6 heteroatoms. The molecule has 1 unspecified atom stereocenters. The second-order valence-corrected chi connectivity index (χ2v) is 3.78. The molecule has 0 aliphatic carbocycles. The van der Waals surface area contributed by atoms with Crippen LogP contribution in [0.25, 0.3) is 0 Å². The Bertz CT molecular complexity index is 424. The van der Waals surface area contributed by atoms with Gasteiger partial charge in [-0.25, -0.2) is 9.97 Å². The Balaban J connectivity index is 1.94. The van der Waals surface area contributed by atoms with E-state index in [1.54, 1.807) is 6.07 Å². The summed E-state index contributed by atoms with van der Waals surface area (Å²) in [5, 5.41) is 11.8. The van der Waals surface area contributed by atoms with E-state index in [1.807, 2.05) is 13.0 Å². The molecule has 1 aromatic rings. The molecule has 0 radical (unpaired) electrons. The van der Waals surface area contributed by atoms with Gasteiger partial charge in [0.05, 0.1) is 25.9 Å². The van der Waals surface area contributed by atoms with E-state index in [4.69, 9.17) is 14.7 Å². The first-order valence-corrected chi connectivity index (χ1v) is 5.47. The summed E-state index contributed by atoms with van der Waals surface area (Å²) in [5.41, 5.74) is 1.13. The molecular formula is C11H14N4O2. The number of nitrogens with zero attached hydrogens (tertiary/aromatic N) is 3. The Morgan fingerprint density at radius 3 is 3.12 bits per heavy atom. The van der Waals surface area contributed by atoms with Crippen molar-refractivity contribution >= 4 is 5.95 Å². The maximum absolute atomic E-state index is 8.79. The van der Waals surface area contributed by atoms with Crippen molar-refractivity contribution in [1.82, 2.24) is 9.97 Å². The van der Waals surface area contributed by atoms with Gasteiger partial charge in [-0.15, -0.1) is 0 Å². The van der Waals surface area contributed by atoms with Crippen LogP contribution in [-0.4, -0.2) is 42.4 Å². The number of ether oxygens (including phenoxy) is 2. The van der Waals surface area contributed by atoms with Crippen LogP contribution in [0.4, 0.5) is 5.95 Å². The van der Waals surface area contributed by atoms with Gasteiger partial charge >= 0.3 is 0 Å². The lowest BCUT2D eigenvalue weighted by Gasteiger charge is -2.23. The number of hydrogen-bond donors (Lipinski definition) is 1. The van der Waals surface area contributed by atoms with E-state index in [2.05, 4.69) is 15.3 Å². The lowest BCUT2D eigenvalue weighted by molar-refractivity contribution is -0.0819. The molecular weight excluding hydrogens is 220 g/mol. The van der Waals surface area contributed by atoms with Crippen molar-refractivity contribution in [3.63, 3.8) is 0 Å². The molecule has 1 aliphatic heterocycles. The zero-order valence-corrected chi connectivity index (χ0v) is 9.64. The van der Waals surface area contributed by atoms with Gasteiger partial charge < -0.3 is 14.8 Å². The average molecular weight is 234 g/mol. The number of rotatable bonds is 3.